The molecule has 0 bridgehead atoms. The van der Waals surface area contributed by atoms with Gasteiger partial charge in [0.1, 0.15) is 0 Å². The molecule has 1 aliphatic carbocycles. The van der Waals surface area contributed by atoms with Crippen LogP contribution in [0, 0.1) is 5.41 Å². The molecule has 0 saturated heterocycles. The molecule has 0 fully saturated rings. The fraction of sp³-hybridized carbons (Fsp3) is 0.417. The van der Waals surface area contributed by atoms with E-state index in [2.05, 4.69) is 30.4 Å². The summed E-state index contributed by atoms with van der Waals surface area (Å²) in [6, 6.07) is 6.72. The smallest absolute Gasteiger partial charge is 0.155 e. The molecule has 0 aromatic heterocycles. The Kier molecular flexibility index (Phi) is 3.51. The van der Waals surface area contributed by atoms with Crippen molar-refractivity contribution in [1.29, 1.82) is 5.41 Å². The highest BCUT2D eigenvalue weighted by atomic mass is 32.2. The minimum Gasteiger partial charge on any atom is -0.378 e. The summed E-state index contributed by atoms with van der Waals surface area (Å²) in [4.78, 5) is 1.13. The fourth-order valence-electron chi connectivity index (χ4n) is 2.31. The van der Waals surface area contributed by atoms with Gasteiger partial charge in [0.2, 0.25) is 0 Å². The first-order valence-corrected chi connectivity index (χ1v) is 6.41. The number of hydrogen-bond donors (Lipinski definition) is 3. The number of fused-ring (bicyclic) bond motifs is 1. The van der Waals surface area contributed by atoms with E-state index in [0.717, 1.165) is 24.3 Å². The molecule has 0 heterocycles. The molecular formula is C12H17N3S. The molecule has 1 aromatic rings. The standard InChI is InChI=1S/C12H17N3S/c1-2-15-9-7-6-8-4-3-5-10(11(8)9)16-12(13)14/h3-5,9,15H,2,6-7H2,1H3,(H3,13,14). The molecule has 0 aliphatic heterocycles. The van der Waals surface area contributed by atoms with Crippen LogP contribution in [-0.4, -0.2) is 11.7 Å². The van der Waals surface area contributed by atoms with E-state index in [9.17, 15) is 0 Å². The lowest BCUT2D eigenvalue weighted by Crippen LogP contribution is -2.19. The Bertz CT molecular complexity index is 401. The van der Waals surface area contributed by atoms with E-state index in [4.69, 9.17) is 11.1 Å². The van der Waals surface area contributed by atoms with Crippen LogP contribution in [0.1, 0.15) is 30.5 Å². The first kappa shape index (κ1) is 11.5. The lowest BCUT2D eigenvalue weighted by Gasteiger charge is -2.15. The van der Waals surface area contributed by atoms with Crippen LogP contribution in [-0.2, 0) is 6.42 Å². The van der Waals surface area contributed by atoms with Crippen LogP contribution < -0.4 is 11.1 Å². The second kappa shape index (κ2) is 4.89. The van der Waals surface area contributed by atoms with Gasteiger partial charge in [0.05, 0.1) is 0 Å². The average Bonchev–Trinajstić information content (AvgIpc) is 2.62. The van der Waals surface area contributed by atoms with Gasteiger partial charge in [-0.15, -0.1) is 0 Å². The Labute approximate surface area is 100 Å². The summed E-state index contributed by atoms with van der Waals surface area (Å²) in [5, 5.41) is 11.0. The van der Waals surface area contributed by atoms with Crippen molar-refractivity contribution < 1.29 is 0 Å². The number of rotatable bonds is 3. The largest absolute Gasteiger partial charge is 0.378 e. The summed E-state index contributed by atoms with van der Waals surface area (Å²) >= 11 is 1.35. The molecule has 0 amide bonds. The van der Waals surface area contributed by atoms with E-state index in [-0.39, 0.29) is 5.17 Å². The summed E-state index contributed by atoms with van der Waals surface area (Å²) < 4.78 is 0. The van der Waals surface area contributed by atoms with Crippen LogP contribution in [0.4, 0.5) is 0 Å². The van der Waals surface area contributed by atoms with E-state index >= 15 is 0 Å². The minimum absolute atomic E-state index is 0.163. The highest BCUT2D eigenvalue weighted by Gasteiger charge is 2.24. The van der Waals surface area contributed by atoms with Crippen molar-refractivity contribution in [3.63, 3.8) is 0 Å². The Balaban J connectivity index is 2.33. The summed E-state index contributed by atoms with van der Waals surface area (Å²) in [7, 11) is 0. The van der Waals surface area contributed by atoms with Gasteiger partial charge >= 0.3 is 0 Å². The van der Waals surface area contributed by atoms with Crippen LogP contribution in [0.15, 0.2) is 23.1 Å². The number of nitrogens with two attached hydrogens (primary N) is 1. The van der Waals surface area contributed by atoms with Crippen molar-refractivity contribution >= 4 is 16.9 Å². The molecule has 2 rings (SSSR count). The number of thioether (sulfide) groups is 1. The number of hydrogen-bond acceptors (Lipinski definition) is 3. The average molecular weight is 235 g/mol. The van der Waals surface area contributed by atoms with Gasteiger partial charge in [0.25, 0.3) is 0 Å². The summed E-state index contributed by atoms with van der Waals surface area (Å²) in [6.45, 7) is 3.10. The number of benzene rings is 1. The van der Waals surface area contributed by atoms with E-state index in [1.165, 1.54) is 22.9 Å². The Hall–Kier alpha value is -1.00. The fourth-order valence-corrected chi connectivity index (χ4v) is 3.07. The third-order valence-electron chi connectivity index (χ3n) is 2.88. The first-order chi connectivity index (χ1) is 7.72. The maximum Gasteiger partial charge on any atom is 0.155 e. The summed E-state index contributed by atoms with van der Waals surface area (Å²) in [5.41, 5.74) is 8.22. The van der Waals surface area contributed by atoms with Gasteiger partial charge in [0, 0.05) is 10.9 Å². The van der Waals surface area contributed by atoms with Crippen LogP contribution in [0.5, 0.6) is 0 Å². The molecule has 16 heavy (non-hydrogen) atoms. The van der Waals surface area contributed by atoms with E-state index in [0.29, 0.717) is 6.04 Å². The lowest BCUT2D eigenvalue weighted by atomic mass is 10.1. The maximum atomic E-state index is 7.38. The van der Waals surface area contributed by atoms with Crippen molar-refractivity contribution in [3.8, 4) is 0 Å². The van der Waals surface area contributed by atoms with Gasteiger partial charge in [-0.25, -0.2) is 0 Å². The zero-order chi connectivity index (χ0) is 11.5. The molecule has 1 aliphatic rings. The van der Waals surface area contributed by atoms with Crippen molar-refractivity contribution in [2.24, 2.45) is 5.73 Å². The molecule has 1 aromatic carbocycles. The molecule has 0 radical (unpaired) electrons. The third-order valence-corrected chi connectivity index (χ3v) is 3.67. The summed E-state index contributed by atoms with van der Waals surface area (Å²) in [6.07, 6.45) is 2.28. The van der Waals surface area contributed by atoms with E-state index in [1.54, 1.807) is 0 Å². The normalized spacial score (nSPS) is 18.4. The number of amidine groups is 1. The molecule has 4 N–H and O–H groups in total. The molecule has 1 unspecified atom stereocenters. The van der Waals surface area contributed by atoms with Crippen LogP contribution in [0.25, 0.3) is 0 Å². The zero-order valence-corrected chi connectivity index (χ0v) is 10.2. The van der Waals surface area contributed by atoms with Crippen LogP contribution in [0.3, 0.4) is 0 Å². The van der Waals surface area contributed by atoms with Gasteiger partial charge < -0.3 is 11.1 Å². The van der Waals surface area contributed by atoms with Crippen LogP contribution in [0.2, 0.25) is 0 Å². The second-order valence-electron chi connectivity index (χ2n) is 3.94. The number of aryl methyl sites for hydroxylation is 1. The monoisotopic (exact) mass is 235 g/mol. The first-order valence-electron chi connectivity index (χ1n) is 5.59. The SMILES string of the molecule is CCNC1CCc2cccc(SC(=N)N)c21. The molecule has 86 valence electrons. The van der Waals surface area contributed by atoms with Gasteiger partial charge in [0.15, 0.2) is 5.17 Å². The molecular weight excluding hydrogens is 218 g/mol. The highest BCUT2D eigenvalue weighted by Crippen LogP contribution is 2.37. The van der Waals surface area contributed by atoms with Crippen molar-refractivity contribution in [1.82, 2.24) is 5.32 Å². The van der Waals surface area contributed by atoms with Gasteiger partial charge in [-0.2, -0.15) is 0 Å². The van der Waals surface area contributed by atoms with Crippen molar-refractivity contribution in [2.45, 2.75) is 30.7 Å². The van der Waals surface area contributed by atoms with Gasteiger partial charge in [-0.3, -0.25) is 5.41 Å². The quantitative estimate of drug-likeness (QED) is 0.428. The molecule has 3 nitrogen and oxygen atoms in total. The van der Waals surface area contributed by atoms with E-state index in [1.807, 2.05) is 0 Å². The van der Waals surface area contributed by atoms with E-state index < -0.39 is 0 Å². The second-order valence-corrected chi connectivity index (χ2v) is 5.03. The third kappa shape index (κ3) is 2.23. The molecule has 0 saturated carbocycles. The molecule has 0 spiro atoms. The topological polar surface area (TPSA) is 61.9 Å². The Morgan fingerprint density at radius 3 is 3.12 bits per heavy atom. The van der Waals surface area contributed by atoms with Crippen molar-refractivity contribution in [3.05, 3.63) is 29.3 Å². The molecule has 1 atom stereocenters. The summed E-state index contributed by atoms with van der Waals surface area (Å²) in [5.74, 6) is 0. The highest BCUT2D eigenvalue weighted by molar-refractivity contribution is 8.13. The Morgan fingerprint density at radius 2 is 2.44 bits per heavy atom. The number of nitrogens with one attached hydrogen (secondary N) is 2. The van der Waals surface area contributed by atoms with Gasteiger partial charge in [-0.05, 0) is 36.6 Å². The van der Waals surface area contributed by atoms with Crippen molar-refractivity contribution in [2.75, 3.05) is 6.54 Å². The minimum atomic E-state index is 0.163. The molecule has 4 heteroatoms. The lowest BCUT2D eigenvalue weighted by molar-refractivity contribution is 0.544. The maximum absolute atomic E-state index is 7.38. The predicted molar refractivity (Wildman–Crippen MR) is 69.0 cm³/mol. The van der Waals surface area contributed by atoms with Gasteiger partial charge in [-0.1, -0.05) is 30.8 Å². The Morgan fingerprint density at radius 1 is 1.62 bits per heavy atom. The predicted octanol–water partition coefficient (Wildman–Crippen LogP) is 2.27. The van der Waals surface area contributed by atoms with Crippen LogP contribution >= 0.6 is 11.8 Å². The zero-order valence-electron chi connectivity index (χ0n) is 9.42.